The molecule has 7 nitrogen and oxygen atoms in total. The molecule has 3 unspecified atom stereocenters. The number of pyridine rings is 1. The number of hydrogen-bond acceptors (Lipinski definition) is 5. The van der Waals surface area contributed by atoms with Gasteiger partial charge in [0.15, 0.2) is 0 Å². The minimum Gasteiger partial charge on any atom is -0.394 e. The van der Waals surface area contributed by atoms with Gasteiger partial charge >= 0.3 is 12.2 Å². The second kappa shape index (κ2) is 9.79. The number of aliphatic hydroxyl groups excluding tert-OH is 1. The standard InChI is InChI=1S/C27H33F3N4O3/c1-16-3-4-21(32-25(36)34-6-5-18(12-34)10-27(28,29)30)9-22(16)19-7-23(26-11-20(26)14-37-15-26)33-24(8-19)31-17(2)13-35/h3-4,7-9,17-18,20,35H,5-6,10-15H2,1-2H3,(H,31,33)(H,32,36)/t17-,18?,20?,26?/m1/s1. The third kappa shape index (κ3) is 5.55. The molecule has 1 aliphatic carbocycles. The van der Waals surface area contributed by atoms with E-state index in [9.17, 15) is 23.1 Å². The Kier molecular flexibility index (Phi) is 6.83. The quantitative estimate of drug-likeness (QED) is 0.483. The van der Waals surface area contributed by atoms with E-state index in [4.69, 9.17) is 9.72 Å². The maximum absolute atomic E-state index is 12.8. The number of carbonyl (C=O) groups is 1. The monoisotopic (exact) mass is 518 g/mol. The summed E-state index contributed by atoms with van der Waals surface area (Å²) in [6, 6.07) is 9.07. The summed E-state index contributed by atoms with van der Waals surface area (Å²) in [5.74, 6) is 0.571. The van der Waals surface area contributed by atoms with E-state index in [2.05, 4.69) is 16.7 Å². The Morgan fingerprint density at radius 1 is 1.32 bits per heavy atom. The van der Waals surface area contributed by atoms with Crippen molar-refractivity contribution < 1.29 is 27.8 Å². The molecule has 3 heterocycles. The summed E-state index contributed by atoms with van der Waals surface area (Å²) < 4.78 is 44.0. The molecule has 0 bridgehead atoms. The van der Waals surface area contributed by atoms with E-state index in [-0.39, 0.29) is 24.6 Å². The zero-order chi connectivity index (χ0) is 26.4. The smallest absolute Gasteiger partial charge is 0.389 e. The van der Waals surface area contributed by atoms with Crippen LogP contribution in [0.4, 0.5) is 29.5 Å². The van der Waals surface area contributed by atoms with Crippen molar-refractivity contribution in [2.24, 2.45) is 11.8 Å². The minimum atomic E-state index is -4.22. The van der Waals surface area contributed by atoms with Crippen LogP contribution in [0.3, 0.4) is 0 Å². The zero-order valence-corrected chi connectivity index (χ0v) is 21.1. The molecule has 1 aromatic carbocycles. The summed E-state index contributed by atoms with van der Waals surface area (Å²) in [7, 11) is 0. The largest absolute Gasteiger partial charge is 0.394 e. The van der Waals surface area contributed by atoms with Gasteiger partial charge in [0.05, 0.1) is 25.5 Å². The molecular weight excluding hydrogens is 485 g/mol. The Balaban J connectivity index is 1.38. The van der Waals surface area contributed by atoms with Gasteiger partial charge in [0.2, 0.25) is 0 Å². The summed E-state index contributed by atoms with van der Waals surface area (Å²) >= 11 is 0. The average Bonchev–Trinajstić information content (AvgIpc) is 3.14. The van der Waals surface area contributed by atoms with Crippen molar-refractivity contribution in [2.75, 3.05) is 43.5 Å². The molecule has 2 saturated heterocycles. The van der Waals surface area contributed by atoms with Gasteiger partial charge in [-0.3, -0.25) is 0 Å². The molecule has 4 atom stereocenters. The lowest BCUT2D eigenvalue weighted by atomic mass is 9.95. The van der Waals surface area contributed by atoms with E-state index in [1.54, 1.807) is 6.07 Å². The molecule has 10 heteroatoms. The van der Waals surface area contributed by atoms with E-state index in [0.29, 0.717) is 37.0 Å². The van der Waals surface area contributed by atoms with E-state index in [1.165, 1.54) is 4.90 Å². The fraction of sp³-hybridized carbons (Fsp3) is 0.556. The molecule has 3 N–H and O–H groups in total. The van der Waals surface area contributed by atoms with Crippen molar-refractivity contribution in [3.63, 3.8) is 0 Å². The van der Waals surface area contributed by atoms with Crippen molar-refractivity contribution in [3.8, 4) is 11.1 Å². The maximum atomic E-state index is 12.8. The third-order valence-corrected chi connectivity index (χ3v) is 7.81. The van der Waals surface area contributed by atoms with Gasteiger partial charge in [-0.25, -0.2) is 9.78 Å². The molecule has 3 fully saturated rings. The first-order valence-corrected chi connectivity index (χ1v) is 12.8. The Hall–Kier alpha value is -2.85. The molecule has 37 heavy (non-hydrogen) atoms. The van der Waals surface area contributed by atoms with Gasteiger partial charge in [-0.2, -0.15) is 13.2 Å². The summed E-state index contributed by atoms with van der Waals surface area (Å²) in [6.07, 6.45) is -3.70. The van der Waals surface area contributed by atoms with Crippen molar-refractivity contribution in [2.45, 2.75) is 50.7 Å². The number of anilines is 2. The molecule has 3 aliphatic rings. The molecule has 5 rings (SSSR count). The van der Waals surface area contributed by atoms with Gasteiger partial charge in [-0.15, -0.1) is 0 Å². The highest BCUT2D eigenvalue weighted by Gasteiger charge is 2.60. The number of aryl methyl sites for hydroxylation is 1. The van der Waals surface area contributed by atoms with Gasteiger partial charge < -0.3 is 25.4 Å². The summed E-state index contributed by atoms with van der Waals surface area (Å²) in [4.78, 5) is 19.1. The second-order valence-corrected chi connectivity index (χ2v) is 10.8. The number of likely N-dealkylation sites (tertiary alicyclic amines) is 1. The van der Waals surface area contributed by atoms with Crippen molar-refractivity contribution in [3.05, 3.63) is 41.6 Å². The number of benzene rings is 1. The van der Waals surface area contributed by atoms with Crippen LogP contribution >= 0.6 is 0 Å². The fourth-order valence-electron chi connectivity index (χ4n) is 5.58. The van der Waals surface area contributed by atoms with Crippen LogP contribution in [0.1, 0.15) is 37.4 Å². The topological polar surface area (TPSA) is 86.7 Å². The first-order valence-electron chi connectivity index (χ1n) is 12.8. The second-order valence-electron chi connectivity index (χ2n) is 10.8. The lowest BCUT2D eigenvalue weighted by Crippen LogP contribution is -2.33. The molecule has 2 aromatic rings. The molecular formula is C27H33F3N4O3. The predicted molar refractivity (Wildman–Crippen MR) is 135 cm³/mol. The third-order valence-electron chi connectivity index (χ3n) is 7.81. The zero-order valence-electron chi connectivity index (χ0n) is 21.1. The van der Waals surface area contributed by atoms with Crippen LogP contribution in [0.2, 0.25) is 0 Å². The molecule has 1 saturated carbocycles. The molecule has 0 spiro atoms. The number of urea groups is 1. The van der Waals surface area contributed by atoms with Gasteiger partial charge in [0.25, 0.3) is 0 Å². The number of nitrogens with zero attached hydrogens (tertiary/aromatic N) is 2. The number of alkyl halides is 3. The van der Waals surface area contributed by atoms with Crippen LogP contribution in [0.15, 0.2) is 30.3 Å². The van der Waals surface area contributed by atoms with Crippen LogP contribution in [0, 0.1) is 18.8 Å². The number of fused-ring (bicyclic) bond motifs is 1. The molecule has 2 amide bonds. The number of nitrogens with one attached hydrogen (secondary N) is 2. The predicted octanol–water partition coefficient (Wildman–Crippen LogP) is 4.94. The van der Waals surface area contributed by atoms with Crippen LogP contribution in [-0.2, 0) is 10.2 Å². The van der Waals surface area contributed by atoms with Gasteiger partial charge in [0, 0.05) is 36.7 Å². The lowest BCUT2D eigenvalue weighted by molar-refractivity contribution is -0.143. The number of halogens is 3. The first kappa shape index (κ1) is 25.8. The Morgan fingerprint density at radius 3 is 2.81 bits per heavy atom. The SMILES string of the molecule is Cc1ccc(NC(=O)N2CCC(CC(F)(F)F)C2)cc1-c1cc(N[C@H](C)CO)nc(C23COCC2C3)c1. The molecule has 1 aromatic heterocycles. The highest BCUT2D eigenvalue weighted by molar-refractivity contribution is 5.90. The molecule has 2 aliphatic heterocycles. The van der Waals surface area contributed by atoms with Crippen molar-refractivity contribution >= 4 is 17.5 Å². The fourth-order valence-corrected chi connectivity index (χ4v) is 5.58. The van der Waals surface area contributed by atoms with Gasteiger partial charge in [-0.05, 0) is 79.5 Å². The Morgan fingerprint density at radius 2 is 2.14 bits per heavy atom. The van der Waals surface area contributed by atoms with Crippen LogP contribution in [0.5, 0.6) is 0 Å². The number of ether oxygens (including phenoxy) is 1. The van der Waals surface area contributed by atoms with E-state index >= 15 is 0 Å². The average molecular weight is 519 g/mol. The van der Waals surface area contributed by atoms with Crippen molar-refractivity contribution in [1.29, 1.82) is 0 Å². The first-order chi connectivity index (χ1) is 17.6. The number of hydrogen-bond donors (Lipinski definition) is 3. The van der Waals surface area contributed by atoms with E-state index in [1.807, 2.05) is 32.0 Å². The minimum absolute atomic E-state index is 0.0288. The number of rotatable bonds is 7. The highest BCUT2D eigenvalue weighted by Crippen LogP contribution is 2.58. The normalized spacial score (nSPS) is 25.6. The number of aromatic nitrogens is 1. The highest BCUT2D eigenvalue weighted by atomic mass is 19.4. The molecule has 0 radical (unpaired) electrons. The van der Waals surface area contributed by atoms with Crippen LogP contribution in [0.25, 0.3) is 11.1 Å². The van der Waals surface area contributed by atoms with Crippen molar-refractivity contribution in [1.82, 2.24) is 9.88 Å². The summed E-state index contributed by atoms with van der Waals surface area (Å²) in [5.41, 5.74) is 4.33. The Bertz CT molecular complexity index is 1170. The number of carbonyl (C=O) groups excluding carboxylic acids is 1. The number of amides is 2. The number of aliphatic hydroxyl groups is 1. The van der Waals surface area contributed by atoms with Crippen LogP contribution < -0.4 is 10.6 Å². The Labute approximate surface area is 214 Å². The summed E-state index contributed by atoms with van der Waals surface area (Å²) in [6.45, 7) is 5.63. The van der Waals surface area contributed by atoms with E-state index < -0.39 is 24.5 Å². The van der Waals surface area contributed by atoms with E-state index in [0.717, 1.165) is 35.4 Å². The van der Waals surface area contributed by atoms with Gasteiger partial charge in [-0.1, -0.05) is 6.07 Å². The molecule has 200 valence electrons. The van der Waals surface area contributed by atoms with Gasteiger partial charge in [0.1, 0.15) is 5.82 Å². The lowest BCUT2D eigenvalue weighted by Gasteiger charge is -2.20. The van der Waals surface area contributed by atoms with Crippen LogP contribution in [-0.4, -0.2) is 66.1 Å². The maximum Gasteiger partial charge on any atom is 0.389 e. The summed E-state index contributed by atoms with van der Waals surface area (Å²) in [5, 5.41) is 15.7.